The Labute approximate surface area is 225 Å². The maximum absolute atomic E-state index is 12.6. The summed E-state index contributed by atoms with van der Waals surface area (Å²) in [5.74, 6) is -0.303. The minimum absolute atomic E-state index is 0.182. The number of hydrogen-bond acceptors (Lipinski definition) is 6. The average Bonchev–Trinajstić information content (AvgIpc) is 2.76. The molecule has 1 atom stereocenters. The summed E-state index contributed by atoms with van der Waals surface area (Å²) in [5, 5.41) is 13.8. The Bertz CT molecular complexity index is 820. The summed E-state index contributed by atoms with van der Waals surface area (Å²) >= 11 is 0. The van der Waals surface area contributed by atoms with E-state index in [0.29, 0.717) is 30.4 Å². The molecule has 37 heavy (non-hydrogen) atoms. The molecule has 0 radical (unpaired) electrons. The van der Waals surface area contributed by atoms with Crippen molar-refractivity contribution in [2.24, 2.45) is 10.8 Å². The molecule has 0 saturated carbocycles. The molecular weight excluding hydrogens is 466 g/mol. The number of rotatable bonds is 16. The third kappa shape index (κ3) is 16.5. The molecule has 1 aromatic carbocycles. The van der Waals surface area contributed by atoms with Crippen molar-refractivity contribution in [3.8, 4) is 11.5 Å². The highest BCUT2D eigenvalue weighted by Crippen LogP contribution is 2.32. The summed E-state index contributed by atoms with van der Waals surface area (Å²) in [6.07, 6.45) is 7.66. The first-order valence-corrected chi connectivity index (χ1v) is 14.1. The molecule has 1 aromatic rings. The number of esters is 2. The van der Waals surface area contributed by atoms with Crippen LogP contribution in [-0.4, -0.2) is 29.6 Å². The van der Waals surface area contributed by atoms with E-state index in [0.717, 1.165) is 51.4 Å². The Morgan fingerprint density at radius 2 is 1.27 bits per heavy atom. The predicted molar refractivity (Wildman–Crippen MR) is 151 cm³/mol. The van der Waals surface area contributed by atoms with Crippen molar-refractivity contribution in [2.75, 3.05) is 6.54 Å². The summed E-state index contributed by atoms with van der Waals surface area (Å²) in [6.45, 7) is 17.7. The zero-order chi connectivity index (χ0) is 28.1. The van der Waals surface area contributed by atoms with E-state index in [1.54, 1.807) is 18.2 Å². The monoisotopic (exact) mass is 519 g/mol. The first-order chi connectivity index (χ1) is 17.2. The fourth-order valence-electron chi connectivity index (χ4n) is 3.91. The molecule has 6 nitrogen and oxygen atoms in total. The van der Waals surface area contributed by atoms with Crippen LogP contribution in [0.15, 0.2) is 18.2 Å². The molecule has 1 rings (SSSR count). The normalized spacial score (nSPS) is 13.0. The van der Waals surface area contributed by atoms with Gasteiger partial charge in [-0.25, -0.2) is 0 Å². The van der Waals surface area contributed by atoms with Crippen molar-refractivity contribution in [2.45, 2.75) is 132 Å². The molecule has 0 saturated heterocycles. The predicted octanol–water partition coefficient (Wildman–Crippen LogP) is 7.52. The molecule has 0 aliphatic carbocycles. The molecular formula is C31H53NO5. The van der Waals surface area contributed by atoms with E-state index >= 15 is 0 Å². The van der Waals surface area contributed by atoms with Crippen molar-refractivity contribution in [3.05, 3.63) is 23.8 Å². The molecule has 1 unspecified atom stereocenters. The number of benzene rings is 1. The van der Waals surface area contributed by atoms with E-state index < -0.39 is 6.10 Å². The number of carbonyl (C=O) groups is 2. The van der Waals surface area contributed by atoms with Crippen LogP contribution in [0.4, 0.5) is 0 Å². The van der Waals surface area contributed by atoms with E-state index in [9.17, 15) is 14.7 Å². The number of ether oxygens (including phenoxy) is 2. The van der Waals surface area contributed by atoms with Gasteiger partial charge in [0.2, 0.25) is 0 Å². The SMILES string of the molecule is CC(C)NCC(O)c1ccc(OC(=O)CCCCCC(C)(C)C)c(OC(=O)CCCCCC(C)(C)C)c1. The molecule has 0 amide bonds. The van der Waals surface area contributed by atoms with E-state index in [-0.39, 0.29) is 34.9 Å². The van der Waals surface area contributed by atoms with Gasteiger partial charge in [-0.3, -0.25) is 9.59 Å². The van der Waals surface area contributed by atoms with Gasteiger partial charge in [-0.15, -0.1) is 0 Å². The van der Waals surface area contributed by atoms with Gasteiger partial charge < -0.3 is 19.9 Å². The number of aliphatic hydroxyl groups excluding tert-OH is 1. The van der Waals surface area contributed by atoms with Crippen LogP contribution < -0.4 is 14.8 Å². The van der Waals surface area contributed by atoms with Crippen molar-refractivity contribution < 1.29 is 24.2 Å². The van der Waals surface area contributed by atoms with E-state index in [1.807, 2.05) is 13.8 Å². The zero-order valence-corrected chi connectivity index (χ0v) is 24.7. The topological polar surface area (TPSA) is 84.9 Å². The molecule has 212 valence electrons. The highest BCUT2D eigenvalue weighted by Gasteiger charge is 2.18. The first kappa shape index (κ1) is 33.1. The van der Waals surface area contributed by atoms with Gasteiger partial charge in [0.25, 0.3) is 0 Å². The van der Waals surface area contributed by atoms with Crippen molar-refractivity contribution in [1.29, 1.82) is 0 Å². The van der Waals surface area contributed by atoms with E-state index in [4.69, 9.17) is 9.47 Å². The fourth-order valence-corrected chi connectivity index (χ4v) is 3.91. The molecule has 0 aliphatic heterocycles. The largest absolute Gasteiger partial charge is 0.423 e. The second-order valence-electron chi connectivity index (χ2n) is 13.0. The van der Waals surface area contributed by atoms with Gasteiger partial charge in [-0.05, 0) is 54.2 Å². The Morgan fingerprint density at radius 1 is 0.784 bits per heavy atom. The van der Waals surface area contributed by atoms with Crippen LogP contribution >= 0.6 is 0 Å². The van der Waals surface area contributed by atoms with E-state index in [1.165, 1.54) is 0 Å². The lowest BCUT2D eigenvalue weighted by Crippen LogP contribution is -2.27. The van der Waals surface area contributed by atoms with Crippen molar-refractivity contribution in [1.82, 2.24) is 5.32 Å². The summed E-state index contributed by atoms with van der Waals surface area (Å²) in [6, 6.07) is 5.16. The van der Waals surface area contributed by atoms with Crippen LogP contribution in [0, 0.1) is 10.8 Å². The fraction of sp³-hybridized carbons (Fsp3) is 0.742. The zero-order valence-electron chi connectivity index (χ0n) is 24.7. The lowest BCUT2D eigenvalue weighted by atomic mass is 9.89. The van der Waals surface area contributed by atoms with E-state index in [2.05, 4.69) is 46.9 Å². The van der Waals surface area contributed by atoms with Gasteiger partial charge in [0.15, 0.2) is 11.5 Å². The summed E-state index contributed by atoms with van der Waals surface area (Å²) < 4.78 is 11.2. The first-order valence-electron chi connectivity index (χ1n) is 14.1. The quantitative estimate of drug-likeness (QED) is 0.133. The van der Waals surface area contributed by atoms with Gasteiger partial charge in [0.1, 0.15) is 0 Å². The van der Waals surface area contributed by atoms with Crippen LogP contribution in [0.1, 0.15) is 131 Å². The van der Waals surface area contributed by atoms with Crippen LogP contribution in [0.2, 0.25) is 0 Å². The molecule has 2 N–H and O–H groups in total. The Kier molecular flexibility index (Phi) is 14.4. The van der Waals surface area contributed by atoms with Gasteiger partial charge >= 0.3 is 11.9 Å². The number of hydrogen-bond donors (Lipinski definition) is 2. The van der Waals surface area contributed by atoms with Crippen LogP contribution in [0.25, 0.3) is 0 Å². The maximum Gasteiger partial charge on any atom is 0.311 e. The maximum atomic E-state index is 12.6. The Morgan fingerprint density at radius 3 is 1.73 bits per heavy atom. The molecule has 0 aromatic heterocycles. The second kappa shape index (κ2) is 16.1. The lowest BCUT2D eigenvalue weighted by Gasteiger charge is -2.18. The van der Waals surface area contributed by atoms with Gasteiger partial charge in [-0.2, -0.15) is 0 Å². The third-order valence-electron chi connectivity index (χ3n) is 6.13. The van der Waals surface area contributed by atoms with Gasteiger partial charge in [0.05, 0.1) is 6.10 Å². The molecule has 6 heteroatoms. The van der Waals surface area contributed by atoms with Crippen molar-refractivity contribution >= 4 is 11.9 Å². The standard InChI is InChI=1S/C31H53NO5/c1-23(2)32-22-25(33)24-17-18-26(36-28(34)15-11-9-13-19-30(3,4)5)27(21-24)37-29(35)16-12-10-14-20-31(6,7)8/h17-18,21,23,25,32-33H,9-16,19-20,22H2,1-8H3. The third-order valence-corrected chi connectivity index (χ3v) is 6.13. The smallest absolute Gasteiger partial charge is 0.311 e. The number of aliphatic hydroxyl groups is 1. The summed E-state index contributed by atoms with van der Waals surface area (Å²) in [7, 11) is 0. The molecule has 0 heterocycles. The second-order valence-corrected chi connectivity index (χ2v) is 13.0. The van der Waals surface area contributed by atoms with Crippen LogP contribution in [0.5, 0.6) is 11.5 Å². The Balaban J connectivity index is 2.77. The molecule has 0 fully saturated rings. The molecule has 0 spiro atoms. The van der Waals surface area contributed by atoms with Crippen molar-refractivity contribution in [3.63, 3.8) is 0 Å². The molecule has 0 bridgehead atoms. The average molecular weight is 520 g/mol. The van der Waals surface area contributed by atoms with Gasteiger partial charge in [0, 0.05) is 25.4 Å². The van der Waals surface area contributed by atoms with Crippen LogP contribution in [-0.2, 0) is 9.59 Å². The van der Waals surface area contributed by atoms with Crippen LogP contribution in [0.3, 0.4) is 0 Å². The molecule has 0 aliphatic rings. The minimum Gasteiger partial charge on any atom is -0.423 e. The highest BCUT2D eigenvalue weighted by molar-refractivity contribution is 5.76. The highest BCUT2D eigenvalue weighted by atomic mass is 16.6. The number of nitrogens with one attached hydrogen (secondary N) is 1. The number of carbonyl (C=O) groups excluding carboxylic acids is 2. The minimum atomic E-state index is -0.773. The lowest BCUT2D eigenvalue weighted by molar-refractivity contribution is -0.137. The summed E-state index contributed by atoms with van der Waals surface area (Å²) in [5.41, 5.74) is 1.18. The number of unbranched alkanes of at least 4 members (excludes halogenated alkanes) is 4. The Hall–Kier alpha value is -1.92. The summed E-state index contributed by atoms with van der Waals surface area (Å²) in [4.78, 5) is 25.1. The van der Waals surface area contributed by atoms with Gasteiger partial charge in [-0.1, -0.05) is 87.1 Å².